The fourth-order valence-corrected chi connectivity index (χ4v) is 1.80. The van der Waals surface area contributed by atoms with Crippen LogP contribution in [0.15, 0.2) is 47.8 Å². The van der Waals surface area contributed by atoms with Crippen LogP contribution in [0.2, 0.25) is 0 Å². The number of benzene rings is 1. The Morgan fingerprint density at radius 2 is 2.17 bits per heavy atom. The first kappa shape index (κ1) is 12.4. The molecule has 1 aromatic heterocycles. The highest BCUT2D eigenvalue weighted by Gasteiger charge is 2.03. The van der Waals surface area contributed by atoms with Gasteiger partial charge in [-0.1, -0.05) is 6.07 Å². The molecule has 2 aromatic rings. The molecule has 0 saturated carbocycles. The lowest BCUT2D eigenvalue weighted by molar-refractivity contribution is 0.262. The molecule has 92 valence electrons. The molecule has 18 heavy (non-hydrogen) atoms. The van der Waals surface area contributed by atoms with Gasteiger partial charge in [0.25, 0.3) is 0 Å². The van der Waals surface area contributed by atoms with Gasteiger partial charge in [0.1, 0.15) is 0 Å². The number of hydrogen-bond donors (Lipinski definition) is 2. The van der Waals surface area contributed by atoms with Gasteiger partial charge in [0.05, 0.1) is 6.20 Å². The van der Waals surface area contributed by atoms with Gasteiger partial charge in [-0.3, -0.25) is 10.3 Å². The Bertz CT molecular complexity index is 533. The Morgan fingerprint density at radius 3 is 2.89 bits per heavy atom. The molecule has 0 fully saturated rings. The van der Waals surface area contributed by atoms with E-state index < -0.39 is 0 Å². The minimum atomic E-state index is -0.339. The Morgan fingerprint density at radius 1 is 1.28 bits per heavy atom. The molecule has 1 aromatic carbocycles. The van der Waals surface area contributed by atoms with E-state index in [9.17, 15) is 4.79 Å². The number of aromatic nitrogens is 2. The first-order valence-electron chi connectivity index (χ1n) is 5.26. The summed E-state index contributed by atoms with van der Waals surface area (Å²) in [5, 5.41) is 5.33. The SMILES string of the molecule is CSc1cccc(NC(=O)Nc2cnccn2)c1. The van der Waals surface area contributed by atoms with E-state index in [2.05, 4.69) is 20.6 Å². The van der Waals surface area contributed by atoms with Crippen LogP contribution in [0.4, 0.5) is 16.3 Å². The van der Waals surface area contributed by atoms with E-state index >= 15 is 0 Å². The molecule has 0 aliphatic heterocycles. The van der Waals surface area contributed by atoms with Crippen LogP contribution < -0.4 is 10.6 Å². The molecule has 2 N–H and O–H groups in total. The highest BCUT2D eigenvalue weighted by molar-refractivity contribution is 7.98. The number of nitrogens with one attached hydrogen (secondary N) is 2. The number of carbonyl (C=O) groups excluding carboxylic acids is 1. The smallest absolute Gasteiger partial charge is 0.308 e. The van der Waals surface area contributed by atoms with Crippen LogP contribution in [0, 0.1) is 0 Å². The van der Waals surface area contributed by atoms with Crippen molar-refractivity contribution >= 4 is 29.3 Å². The second kappa shape index (κ2) is 6.02. The lowest BCUT2D eigenvalue weighted by atomic mass is 10.3. The topological polar surface area (TPSA) is 66.9 Å². The highest BCUT2D eigenvalue weighted by Crippen LogP contribution is 2.18. The number of urea groups is 1. The largest absolute Gasteiger partial charge is 0.324 e. The van der Waals surface area contributed by atoms with Crippen molar-refractivity contribution in [2.75, 3.05) is 16.9 Å². The molecule has 0 radical (unpaired) electrons. The monoisotopic (exact) mass is 260 g/mol. The summed E-state index contributed by atoms with van der Waals surface area (Å²) in [4.78, 5) is 20.6. The molecular formula is C12H12N4OS. The zero-order valence-corrected chi connectivity index (χ0v) is 10.6. The maximum atomic E-state index is 11.7. The third-order valence-electron chi connectivity index (χ3n) is 2.13. The molecule has 0 unspecified atom stereocenters. The summed E-state index contributed by atoms with van der Waals surface area (Å²) in [5.41, 5.74) is 0.739. The molecule has 2 rings (SSSR count). The van der Waals surface area contributed by atoms with Crippen LogP contribution in [0.25, 0.3) is 0 Å². The van der Waals surface area contributed by atoms with Crippen molar-refractivity contribution in [1.82, 2.24) is 9.97 Å². The standard InChI is InChI=1S/C12H12N4OS/c1-18-10-4-2-3-9(7-10)15-12(17)16-11-8-13-5-6-14-11/h2-8H,1H3,(H2,14,15,16,17). The Balaban J connectivity index is 1.99. The van der Waals surface area contributed by atoms with E-state index in [1.54, 1.807) is 18.0 Å². The van der Waals surface area contributed by atoms with Crippen LogP contribution in [0.5, 0.6) is 0 Å². The van der Waals surface area contributed by atoms with Crippen LogP contribution in [-0.4, -0.2) is 22.3 Å². The van der Waals surface area contributed by atoms with Crippen molar-refractivity contribution in [2.45, 2.75) is 4.90 Å². The second-order valence-electron chi connectivity index (χ2n) is 3.40. The maximum absolute atomic E-state index is 11.7. The quantitative estimate of drug-likeness (QED) is 0.833. The van der Waals surface area contributed by atoms with E-state index in [-0.39, 0.29) is 6.03 Å². The van der Waals surface area contributed by atoms with E-state index in [1.807, 2.05) is 30.5 Å². The number of rotatable bonds is 3. The second-order valence-corrected chi connectivity index (χ2v) is 4.28. The molecule has 0 aliphatic carbocycles. The maximum Gasteiger partial charge on any atom is 0.324 e. The first-order valence-corrected chi connectivity index (χ1v) is 6.48. The average Bonchev–Trinajstić information content (AvgIpc) is 2.40. The molecule has 0 atom stereocenters. The summed E-state index contributed by atoms with van der Waals surface area (Å²) in [6.45, 7) is 0. The van der Waals surface area contributed by atoms with Crippen molar-refractivity contribution in [2.24, 2.45) is 0 Å². The third kappa shape index (κ3) is 3.46. The fraction of sp³-hybridized carbons (Fsp3) is 0.0833. The van der Waals surface area contributed by atoms with E-state index in [4.69, 9.17) is 0 Å². The summed E-state index contributed by atoms with van der Waals surface area (Å²) in [6, 6.07) is 7.27. The van der Waals surface area contributed by atoms with Crippen molar-refractivity contribution in [3.63, 3.8) is 0 Å². The summed E-state index contributed by atoms with van der Waals surface area (Å²) < 4.78 is 0. The van der Waals surface area contributed by atoms with Crippen LogP contribution in [0.1, 0.15) is 0 Å². The molecule has 2 amide bonds. The zero-order valence-electron chi connectivity index (χ0n) is 9.75. The van der Waals surface area contributed by atoms with Crippen molar-refractivity contribution < 1.29 is 4.79 Å². The number of thioether (sulfide) groups is 1. The van der Waals surface area contributed by atoms with Crippen molar-refractivity contribution in [3.8, 4) is 0 Å². The number of amides is 2. The normalized spacial score (nSPS) is 9.83. The van der Waals surface area contributed by atoms with Crippen LogP contribution >= 0.6 is 11.8 Å². The van der Waals surface area contributed by atoms with Crippen LogP contribution in [-0.2, 0) is 0 Å². The Labute approximate surface area is 109 Å². The minimum Gasteiger partial charge on any atom is -0.308 e. The molecule has 0 saturated heterocycles. The predicted molar refractivity (Wildman–Crippen MR) is 72.9 cm³/mol. The van der Waals surface area contributed by atoms with Gasteiger partial charge < -0.3 is 5.32 Å². The summed E-state index contributed by atoms with van der Waals surface area (Å²) in [7, 11) is 0. The van der Waals surface area contributed by atoms with Gasteiger partial charge in [0.2, 0.25) is 0 Å². The first-order chi connectivity index (χ1) is 8.78. The Kier molecular flexibility index (Phi) is 4.14. The summed E-state index contributed by atoms with van der Waals surface area (Å²) >= 11 is 1.62. The van der Waals surface area contributed by atoms with Gasteiger partial charge in [-0.15, -0.1) is 11.8 Å². The molecule has 0 bridgehead atoms. The third-order valence-corrected chi connectivity index (χ3v) is 2.86. The molecule has 0 spiro atoms. The number of carbonyl (C=O) groups is 1. The average molecular weight is 260 g/mol. The van der Waals surface area contributed by atoms with E-state index in [0.717, 1.165) is 10.6 Å². The van der Waals surface area contributed by atoms with Crippen LogP contribution in [0.3, 0.4) is 0 Å². The van der Waals surface area contributed by atoms with Gasteiger partial charge in [-0.25, -0.2) is 9.78 Å². The fourth-order valence-electron chi connectivity index (χ4n) is 1.34. The van der Waals surface area contributed by atoms with Gasteiger partial charge in [-0.2, -0.15) is 0 Å². The summed E-state index contributed by atoms with van der Waals surface area (Å²) in [6.07, 6.45) is 6.53. The van der Waals surface area contributed by atoms with Gasteiger partial charge in [-0.05, 0) is 24.5 Å². The van der Waals surface area contributed by atoms with Gasteiger partial charge in [0.15, 0.2) is 5.82 Å². The van der Waals surface area contributed by atoms with Crippen molar-refractivity contribution in [3.05, 3.63) is 42.9 Å². The highest BCUT2D eigenvalue weighted by atomic mass is 32.2. The Hall–Kier alpha value is -2.08. The molecular weight excluding hydrogens is 248 g/mol. The molecule has 6 heteroatoms. The molecule has 0 aliphatic rings. The molecule has 1 heterocycles. The predicted octanol–water partition coefficient (Wildman–Crippen LogP) is 2.84. The lowest BCUT2D eigenvalue weighted by Gasteiger charge is -2.07. The summed E-state index contributed by atoms with van der Waals surface area (Å²) in [5.74, 6) is 0.413. The van der Waals surface area contributed by atoms with E-state index in [1.165, 1.54) is 12.4 Å². The molecule has 5 nitrogen and oxygen atoms in total. The zero-order chi connectivity index (χ0) is 12.8. The minimum absolute atomic E-state index is 0.339. The number of nitrogens with zero attached hydrogens (tertiary/aromatic N) is 2. The van der Waals surface area contributed by atoms with Crippen molar-refractivity contribution in [1.29, 1.82) is 0 Å². The van der Waals surface area contributed by atoms with Gasteiger partial charge in [0, 0.05) is 23.0 Å². The van der Waals surface area contributed by atoms with Gasteiger partial charge >= 0.3 is 6.03 Å². The number of anilines is 2. The number of hydrogen-bond acceptors (Lipinski definition) is 4. The lowest BCUT2D eigenvalue weighted by Crippen LogP contribution is -2.20. The van der Waals surface area contributed by atoms with E-state index in [0.29, 0.717) is 5.82 Å².